The van der Waals surface area contributed by atoms with Gasteiger partial charge < -0.3 is 14.7 Å². The van der Waals surface area contributed by atoms with Crippen molar-refractivity contribution in [3.63, 3.8) is 0 Å². The first kappa shape index (κ1) is 18.8. The maximum Gasteiger partial charge on any atom is 0.242 e. The Hall–Kier alpha value is -2.51. The minimum Gasteiger partial charge on any atom is -0.350 e. The fourth-order valence-corrected chi connectivity index (χ4v) is 4.79. The van der Waals surface area contributed by atoms with Crippen LogP contribution in [0.25, 0.3) is 20.7 Å². The van der Waals surface area contributed by atoms with Crippen molar-refractivity contribution in [3.05, 3.63) is 42.2 Å². The largest absolute Gasteiger partial charge is 0.350 e. The van der Waals surface area contributed by atoms with E-state index in [1.165, 1.54) is 16.0 Å². The zero-order chi connectivity index (χ0) is 19.7. The van der Waals surface area contributed by atoms with E-state index >= 15 is 0 Å². The summed E-state index contributed by atoms with van der Waals surface area (Å²) in [6, 6.07) is 10.4. The Morgan fingerprint density at radius 1 is 1.14 bits per heavy atom. The normalized spacial score (nSPS) is 15.2. The lowest BCUT2D eigenvalue weighted by Crippen LogP contribution is -2.49. The van der Waals surface area contributed by atoms with Crippen molar-refractivity contribution in [2.75, 3.05) is 51.7 Å². The van der Waals surface area contributed by atoms with Crippen LogP contribution in [0.2, 0.25) is 0 Å². The van der Waals surface area contributed by atoms with Gasteiger partial charge in [-0.25, -0.2) is 9.97 Å². The van der Waals surface area contributed by atoms with Crippen molar-refractivity contribution in [1.29, 1.82) is 0 Å². The van der Waals surface area contributed by atoms with Gasteiger partial charge in [-0.05, 0) is 25.1 Å². The SMILES string of the molecule is Cc1c(-c2ccccc2)sc2ncnc(N(C)CC(=O)N3CCN(C)CC3)c12. The van der Waals surface area contributed by atoms with Crippen LogP contribution >= 0.6 is 11.3 Å². The molecule has 1 fully saturated rings. The van der Waals surface area contributed by atoms with Crippen molar-refractivity contribution in [1.82, 2.24) is 19.8 Å². The summed E-state index contributed by atoms with van der Waals surface area (Å²) in [7, 11) is 4.03. The van der Waals surface area contributed by atoms with Crippen molar-refractivity contribution in [2.24, 2.45) is 0 Å². The number of nitrogens with zero attached hydrogens (tertiary/aromatic N) is 5. The molecule has 0 atom stereocenters. The number of rotatable bonds is 4. The number of aromatic nitrogens is 2. The van der Waals surface area contributed by atoms with Gasteiger partial charge in [-0.3, -0.25) is 4.79 Å². The summed E-state index contributed by atoms with van der Waals surface area (Å²) in [5.74, 6) is 0.974. The minimum atomic E-state index is 0.151. The highest BCUT2D eigenvalue weighted by molar-refractivity contribution is 7.22. The molecule has 1 aromatic carbocycles. The van der Waals surface area contributed by atoms with E-state index in [-0.39, 0.29) is 5.91 Å². The van der Waals surface area contributed by atoms with Gasteiger partial charge in [0.25, 0.3) is 0 Å². The minimum absolute atomic E-state index is 0.151. The number of carbonyl (C=O) groups is 1. The van der Waals surface area contributed by atoms with Crippen LogP contribution in [0, 0.1) is 6.92 Å². The Balaban J connectivity index is 1.61. The molecule has 1 amide bonds. The van der Waals surface area contributed by atoms with Crippen LogP contribution in [0.5, 0.6) is 0 Å². The van der Waals surface area contributed by atoms with E-state index in [9.17, 15) is 4.79 Å². The van der Waals surface area contributed by atoms with Gasteiger partial charge in [0.15, 0.2) is 0 Å². The van der Waals surface area contributed by atoms with E-state index in [2.05, 4.69) is 41.0 Å². The summed E-state index contributed by atoms with van der Waals surface area (Å²) in [6.45, 7) is 5.88. The van der Waals surface area contributed by atoms with Crippen LogP contribution < -0.4 is 4.90 Å². The van der Waals surface area contributed by atoms with Gasteiger partial charge in [0.2, 0.25) is 5.91 Å². The van der Waals surface area contributed by atoms with Crippen LogP contribution in [0.1, 0.15) is 5.56 Å². The number of aryl methyl sites for hydroxylation is 1. The first-order chi connectivity index (χ1) is 13.5. The van der Waals surface area contributed by atoms with E-state index in [0.29, 0.717) is 6.54 Å². The van der Waals surface area contributed by atoms with E-state index in [4.69, 9.17) is 0 Å². The average Bonchev–Trinajstić information content (AvgIpc) is 3.06. The number of hydrogen-bond donors (Lipinski definition) is 0. The number of thiophene rings is 1. The fourth-order valence-electron chi connectivity index (χ4n) is 3.64. The van der Waals surface area contributed by atoms with Crippen molar-refractivity contribution >= 4 is 33.3 Å². The van der Waals surface area contributed by atoms with Crippen LogP contribution in [0.3, 0.4) is 0 Å². The molecular weight excluding hydrogens is 370 g/mol. The third kappa shape index (κ3) is 3.59. The first-order valence-electron chi connectivity index (χ1n) is 9.51. The molecule has 1 saturated heterocycles. The number of fused-ring (bicyclic) bond motifs is 1. The lowest BCUT2D eigenvalue weighted by atomic mass is 10.1. The summed E-state index contributed by atoms with van der Waals surface area (Å²) in [5, 5.41) is 1.04. The second kappa shape index (κ2) is 7.85. The number of anilines is 1. The number of amides is 1. The first-order valence-corrected chi connectivity index (χ1v) is 10.3. The van der Waals surface area contributed by atoms with Gasteiger partial charge in [-0.1, -0.05) is 30.3 Å². The molecule has 1 aliphatic rings. The van der Waals surface area contributed by atoms with Gasteiger partial charge >= 0.3 is 0 Å². The van der Waals surface area contributed by atoms with Crippen LogP contribution in [0.4, 0.5) is 5.82 Å². The Bertz CT molecular complexity index is 979. The summed E-state index contributed by atoms with van der Waals surface area (Å²) in [6.07, 6.45) is 1.60. The molecular formula is C21H25N5OS. The molecule has 0 aliphatic carbocycles. The van der Waals surface area contributed by atoms with Gasteiger partial charge in [0.1, 0.15) is 17.0 Å². The molecule has 146 valence electrons. The third-order valence-corrected chi connectivity index (χ3v) is 6.58. The number of benzene rings is 1. The maximum absolute atomic E-state index is 12.8. The smallest absolute Gasteiger partial charge is 0.242 e. The molecule has 28 heavy (non-hydrogen) atoms. The second-order valence-corrected chi connectivity index (χ2v) is 8.34. The summed E-state index contributed by atoms with van der Waals surface area (Å²) < 4.78 is 0. The van der Waals surface area contributed by atoms with Gasteiger partial charge in [-0.2, -0.15) is 0 Å². The van der Waals surface area contributed by atoms with E-state index in [1.54, 1.807) is 17.7 Å². The Morgan fingerprint density at radius 2 is 1.86 bits per heavy atom. The predicted molar refractivity (Wildman–Crippen MR) is 115 cm³/mol. The molecule has 4 rings (SSSR count). The molecule has 3 heterocycles. The third-order valence-electron chi connectivity index (χ3n) is 5.33. The summed E-state index contributed by atoms with van der Waals surface area (Å²) >= 11 is 1.68. The zero-order valence-corrected chi connectivity index (χ0v) is 17.4. The molecule has 3 aromatic rings. The van der Waals surface area contributed by atoms with E-state index in [1.807, 2.05) is 35.0 Å². The Kier molecular flexibility index (Phi) is 5.28. The highest BCUT2D eigenvalue weighted by Crippen LogP contribution is 2.40. The highest BCUT2D eigenvalue weighted by atomic mass is 32.1. The quantitative estimate of drug-likeness (QED) is 0.680. The van der Waals surface area contributed by atoms with Crippen molar-refractivity contribution in [3.8, 4) is 10.4 Å². The number of piperazine rings is 1. The number of carbonyl (C=O) groups excluding carboxylic acids is 1. The topological polar surface area (TPSA) is 52.6 Å². The standard InChI is InChI=1S/C21H25N5OS/c1-15-18-20(25(3)13-17(27)26-11-9-24(2)10-12-26)22-14-23-21(18)28-19(15)16-7-5-4-6-8-16/h4-8,14H,9-13H2,1-3H3. The van der Waals surface area contributed by atoms with Gasteiger partial charge in [-0.15, -0.1) is 11.3 Å². The summed E-state index contributed by atoms with van der Waals surface area (Å²) in [5.41, 5.74) is 2.35. The number of likely N-dealkylation sites (N-methyl/N-ethyl adjacent to an activating group) is 2. The van der Waals surface area contributed by atoms with Crippen molar-refractivity contribution < 1.29 is 4.79 Å². The zero-order valence-electron chi connectivity index (χ0n) is 16.6. The molecule has 7 heteroatoms. The lowest BCUT2D eigenvalue weighted by Gasteiger charge is -2.33. The average molecular weight is 396 g/mol. The van der Waals surface area contributed by atoms with E-state index in [0.717, 1.165) is 42.2 Å². The molecule has 6 nitrogen and oxygen atoms in total. The predicted octanol–water partition coefficient (Wildman–Crippen LogP) is 2.88. The van der Waals surface area contributed by atoms with Crippen molar-refractivity contribution in [2.45, 2.75) is 6.92 Å². The summed E-state index contributed by atoms with van der Waals surface area (Å²) in [4.78, 5) is 30.1. The highest BCUT2D eigenvalue weighted by Gasteiger charge is 2.23. The molecule has 0 N–H and O–H groups in total. The fraction of sp³-hybridized carbons (Fsp3) is 0.381. The number of hydrogen-bond acceptors (Lipinski definition) is 6. The van der Waals surface area contributed by atoms with Crippen LogP contribution in [-0.2, 0) is 4.79 Å². The maximum atomic E-state index is 12.8. The molecule has 2 aromatic heterocycles. The molecule has 0 bridgehead atoms. The van der Waals surface area contributed by atoms with Gasteiger partial charge in [0, 0.05) is 38.1 Å². The lowest BCUT2D eigenvalue weighted by molar-refractivity contribution is -0.131. The Morgan fingerprint density at radius 3 is 2.57 bits per heavy atom. The second-order valence-electron chi connectivity index (χ2n) is 7.34. The Labute approximate surface area is 169 Å². The molecule has 1 aliphatic heterocycles. The van der Waals surface area contributed by atoms with E-state index < -0.39 is 0 Å². The molecule has 0 unspecified atom stereocenters. The monoisotopic (exact) mass is 395 g/mol. The molecule has 0 saturated carbocycles. The van der Waals surface area contributed by atoms with Crippen LogP contribution in [-0.4, -0.2) is 72.5 Å². The molecule has 0 spiro atoms. The van der Waals surface area contributed by atoms with Crippen LogP contribution in [0.15, 0.2) is 36.7 Å². The van der Waals surface area contributed by atoms with Gasteiger partial charge in [0.05, 0.1) is 11.9 Å². The molecule has 0 radical (unpaired) electrons.